The van der Waals surface area contributed by atoms with Crippen LogP contribution < -0.4 is 16.9 Å². The highest BCUT2D eigenvalue weighted by molar-refractivity contribution is 5.73. The summed E-state index contributed by atoms with van der Waals surface area (Å²) in [7, 11) is 0. The number of primary amides is 2. The van der Waals surface area contributed by atoms with Crippen molar-refractivity contribution in [1.82, 2.24) is 5.48 Å². The Bertz CT molecular complexity index is 97.1. The molecule has 0 bridgehead atoms. The van der Waals surface area contributed by atoms with Gasteiger partial charge in [0.05, 0.1) is 0 Å². The summed E-state index contributed by atoms with van der Waals surface area (Å²) in [6.07, 6.45) is -1.11. The zero-order chi connectivity index (χ0) is 6.57. The second kappa shape index (κ2) is 2.67. The molecule has 0 aliphatic heterocycles. The first kappa shape index (κ1) is 6.54. The second-order valence-electron chi connectivity index (χ2n) is 0.887. The molecule has 0 saturated heterocycles. The number of rotatable bonds is 0. The van der Waals surface area contributed by atoms with Crippen LogP contribution >= 0.6 is 0 Å². The Labute approximate surface area is 44.7 Å². The predicted octanol–water partition coefficient (Wildman–Crippen LogP) is -1.33. The average Bonchev–Trinajstić information content (AvgIpc) is 1.61. The number of amides is 3. The molecule has 0 aromatic carbocycles. The van der Waals surface area contributed by atoms with E-state index in [0.29, 0.717) is 0 Å². The van der Waals surface area contributed by atoms with Crippen LogP contribution in [-0.2, 0) is 4.84 Å². The van der Waals surface area contributed by atoms with E-state index in [1.807, 2.05) is 0 Å². The summed E-state index contributed by atoms with van der Waals surface area (Å²) < 4.78 is 0. The Morgan fingerprint density at radius 2 is 1.88 bits per heavy atom. The van der Waals surface area contributed by atoms with Crippen LogP contribution in [0.5, 0.6) is 0 Å². The Morgan fingerprint density at radius 1 is 1.38 bits per heavy atom. The lowest BCUT2D eigenvalue weighted by atomic mass is 11.1. The Kier molecular flexibility index (Phi) is 2.18. The SMILES string of the molecule is NC(=O)NOC(N)=O. The number of nitrogens with one attached hydrogen (secondary N) is 1. The van der Waals surface area contributed by atoms with Crippen LogP contribution in [0.25, 0.3) is 0 Å². The summed E-state index contributed by atoms with van der Waals surface area (Å²) in [5.74, 6) is 0. The van der Waals surface area contributed by atoms with Gasteiger partial charge in [-0.25, -0.2) is 9.59 Å². The fourth-order valence-electron chi connectivity index (χ4n) is 0.101. The molecule has 0 atom stereocenters. The Balaban J connectivity index is 3.18. The van der Waals surface area contributed by atoms with Gasteiger partial charge in [0, 0.05) is 0 Å². The van der Waals surface area contributed by atoms with Gasteiger partial charge in [-0.05, 0) is 0 Å². The van der Waals surface area contributed by atoms with Gasteiger partial charge in [0.15, 0.2) is 0 Å². The molecule has 0 fully saturated rings. The summed E-state index contributed by atoms with van der Waals surface area (Å²) in [6, 6.07) is -0.969. The normalized spacial score (nSPS) is 7.50. The fourth-order valence-corrected chi connectivity index (χ4v) is 0.101. The number of hydrogen-bond donors (Lipinski definition) is 3. The second-order valence-corrected chi connectivity index (χ2v) is 0.887. The lowest BCUT2D eigenvalue weighted by Gasteiger charge is -1.95. The maximum Gasteiger partial charge on any atom is 0.428 e. The molecule has 0 rings (SSSR count). The lowest BCUT2D eigenvalue weighted by molar-refractivity contribution is 0.111. The third-order valence-electron chi connectivity index (χ3n) is 0.252. The molecule has 0 aliphatic rings. The van der Waals surface area contributed by atoms with Gasteiger partial charge in [0.1, 0.15) is 0 Å². The lowest BCUT2D eigenvalue weighted by Crippen LogP contribution is -2.33. The Morgan fingerprint density at radius 3 is 2.00 bits per heavy atom. The monoisotopic (exact) mass is 119 g/mol. The van der Waals surface area contributed by atoms with Gasteiger partial charge in [-0.3, -0.25) is 0 Å². The van der Waals surface area contributed by atoms with E-state index in [0.717, 1.165) is 0 Å². The minimum Gasteiger partial charge on any atom is -0.349 e. The van der Waals surface area contributed by atoms with E-state index in [-0.39, 0.29) is 0 Å². The molecule has 0 heterocycles. The van der Waals surface area contributed by atoms with E-state index in [9.17, 15) is 9.59 Å². The molecule has 0 unspecified atom stereocenters. The predicted molar refractivity (Wildman–Crippen MR) is 23.4 cm³/mol. The van der Waals surface area contributed by atoms with Crippen LogP contribution in [0.2, 0.25) is 0 Å². The summed E-state index contributed by atoms with van der Waals surface area (Å²) >= 11 is 0. The Hall–Kier alpha value is -1.46. The zero-order valence-corrected chi connectivity index (χ0v) is 3.88. The third-order valence-corrected chi connectivity index (χ3v) is 0.252. The van der Waals surface area contributed by atoms with Crippen molar-refractivity contribution in [2.75, 3.05) is 0 Å². The van der Waals surface area contributed by atoms with Crippen LogP contribution in [0, 0.1) is 0 Å². The molecule has 0 spiro atoms. The highest BCUT2D eigenvalue weighted by atomic mass is 16.7. The molecule has 0 saturated carbocycles. The van der Waals surface area contributed by atoms with Crippen LogP contribution in [0.3, 0.4) is 0 Å². The number of hydroxylamine groups is 1. The molecule has 6 nitrogen and oxygen atoms in total. The smallest absolute Gasteiger partial charge is 0.349 e. The van der Waals surface area contributed by atoms with Gasteiger partial charge in [-0.2, -0.15) is 5.48 Å². The van der Waals surface area contributed by atoms with E-state index in [1.54, 1.807) is 0 Å². The van der Waals surface area contributed by atoms with E-state index in [1.165, 1.54) is 5.48 Å². The molecule has 5 N–H and O–H groups in total. The first-order valence-electron chi connectivity index (χ1n) is 1.64. The van der Waals surface area contributed by atoms with Gasteiger partial charge < -0.3 is 16.3 Å². The highest BCUT2D eigenvalue weighted by Crippen LogP contribution is 1.61. The molecular weight excluding hydrogens is 114 g/mol. The van der Waals surface area contributed by atoms with Crippen molar-refractivity contribution in [2.24, 2.45) is 11.5 Å². The molecular formula is C2H5N3O3. The van der Waals surface area contributed by atoms with E-state index < -0.39 is 12.1 Å². The molecule has 8 heavy (non-hydrogen) atoms. The molecule has 6 heteroatoms. The minimum absolute atomic E-state index is 0.969. The quantitative estimate of drug-likeness (QED) is 0.343. The van der Waals surface area contributed by atoms with Crippen molar-refractivity contribution in [3.63, 3.8) is 0 Å². The van der Waals surface area contributed by atoms with Gasteiger partial charge in [0.25, 0.3) is 0 Å². The summed E-state index contributed by atoms with van der Waals surface area (Å²) in [4.78, 5) is 23.0. The van der Waals surface area contributed by atoms with E-state index in [2.05, 4.69) is 16.3 Å². The van der Waals surface area contributed by atoms with Gasteiger partial charge in [-0.1, -0.05) is 0 Å². The maximum atomic E-state index is 9.68. The first-order valence-corrected chi connectivity index (χ1v) is 1.64. The molecule has 0 aliphatic carbocycles. The topological polar surface area (TPSA) is 107 Å². The maximum absolute atomic E-state index is 9.68. The third kappa shape index (κ3) is 4.54. The van der Waals surface area contributed by atoms with Crippen molar-refractivity contribution in [1.29, 1.82) is 0 Å². The van der Waals surface area contributed by atoms with Crippen molar-refractivity contribution in [3.05, 3.63) is 0 Å². The first-order chi connectivity index (χ1) is 3.63. The molecule has 0 aromatic rings. The summed E-state index contributed by atoms with van der Waals surface area (Å²) in [5, 5.41) is 0. The van der Waals surface area contributed by atoms with Gasteiger partial charge >= 0.3 is 12.1 Å². The van der Waals surface area contributed by atoms with Gasteiger partial charge in [-0.15, -0.1) is 0 Å². The van der Waals surface area contributed by atoms with E-state index >= 15 is 0 Å². The van der Waals surface area contributed by atoms with Crippen molar-refractivity contribution in [2.45, 2.75) is 0 Å². The van der Waals surface area contributed by atoms with Gasteiger partial charge in [0.2, 0.25) is 0 Å². The largest absolute Gasteiger partial charge is 0.428 e. The summed E-state index contributed by atoms with van der Waals surface area (Å²) in [5.41, 5.74) is 10.4. The van der Waals surface area contributed by atoms with Crippen molar-refractivity contribution < 1.29 is 14.4 Å². The fraction of sp³-hybridized carbons (Fsp3) is 0. The van der Waals surface area contributed by atoms with Crippen molar-refractivity contribution >= 4 is 12.1 Å². The number of nitrogens with two attached hydrogens (primary N) is 2. The van der Waals surface area contributed by atoms with Crippen LogP contribution in [0.15, 0.2) is 0 Å². The van der Waals surface area contributed by atoms with Crippen LogP contribution in [0.1, 0.15) is 0 Å². The average molecular weight is 119 g/mol. The highest BCUT2D eigenvalue weighted by Gasteiger charge is 1.93. The standard InChI is InChI=1S/C2H5N3O3/c3-1(6)5-8-2(4)7/h(H2,4,7)(H3,3,5,6). The molecule has 46 valence electrons. The summed E-state index contributed by atoms with van der Waals surface area (Å²) in [6.45, 7) is 0. The molecule has 3 amide bonds. The zero-order valence-electron chi connectivity index (χ0n) is 3.88. The number of urea groups is 1. The van der Waals surface area contributed by atoms with Crippen molar-refractivity contribution in [3.8, 4) is 0 Å². The number of carbonyl (C=O) groups is 2. The minimum atomic E-state index is -1.11. The molecule has 0 radical (unpaired) electrons. The molecule has 0 aromatic heterocycles. The van der Waals surface area contributed by atoms with E-state index in [4.69, 9.17) is 0 Å². The number of carbonyl (C=O) groups excluding carboxylic acids is 2. The number of hydrogen-bond acceptors (Lipinski definition) is 3. The van der Waals surface area contributed by atoms with Crippen LogP contribution in [-0.4, -0.2) is 12.1 Å². The van der Waals surface area contributed by atoms with Crippen LogP contribution in [0.4, 0.5) is 9.59 Å².